The molecule has 1 aromatic carbocycles. The fourth-order valence-corrected chi connectivity index (χ4v) is 1.81. The second-order valence-corrected chi connectivity index (χ2v) is 3.87. The van der Waals surface area contributed by atoms with Crippen molar-refractivity contribution in [2.24, 2.45) is 5.92 Å². The van der Waals surface area contributed by atoms with Crippen molar-refractivity contribution in [2.45, 2.75) is 12.3 Å². The number of terminal acetylenes is 1. The van der Waals surface area contributed by atoms with Crippen LogP contribution in [0.15, 0.2) is 24.3 Å². The van der Waals surface area contributed by atoms with Crippen LogP contribution in [0, 0.1) is 18.3 Å². The number of benzene rings is 1. The Hall–Kier alpha value is -1.89. The molecule has 2 rings (SSSR count). The van der Waals surface area contributed by atoms with E-state index < -0.39 is 24.0 Å². The van der Waals surface area contributed by atoms with Gasteiger partial charge in [0.1, 0.15) is 18.3 Å². The van der Waals surface area contributed by atoms with E-state index in [1.54, 1.807) is 18.2 Å². The lowest BCUT2D eigenvalue weighted by Gasteiger charge is -2.29. The van der Waals surface area contributed by atoms with Crippen molar-refractivity contribution < 1.29 is 18.3 Å². The Labute approximate surface area is 97.6 Å². The average Bonchev–Trinajstić information content (AvgIpc) is 2.29. The van der Waals surface area contributed by atoms with Gasteiger partial charge in [0.25, 0.3) is 5.92 Å². The Morgan fingerprint density at radius 1 is 1.47 bits per heavy atom. The minimum Gasteiger partial charge on any atom is -0.492 e. The largest absolute Gasteiger partial charge is 0.492 e. The van der Waals surface area contributed by atoms with E-state index in [0.717, 1.165) is 0 Å². The summed E-state index contributed by atoms with van der Waals surface area (Å²) in [6, 6.07) is 6.37. The van der Waals surface area contributed by atoms with Gasteiger partial charge >= 0.3 is 0 Å². The summed E-state index contributed by atoms with van der Waals surface area (Å²) in [5, 5.41) is 0. The molecule has 4 heteroatoms. The van der Waals surface area contributed by atoms with Crippen LogP contribution in [-0.2, 0) is 0 Å². The molecule has 0 amide bonds. The monoisotopic (exact) mass is 236 g/mol. The first-order valence-corrected chi connectivity index (χ1v) is 5.13. The highest BCUT2D eigenvalue weighted by molar-refractivity contribution is 6.01. The molecule has 0 N–H and O–H groups in total. The quantitative estimate of drug-likeness (QED) is 0.737. The molecule has 0 aromatic heterocycles. The Balaban J connectivity index is 2.33. The summed E-state index contributed by atoms with van der Waals surface area (Å²) in [5.74, 6) is -3.08. The first kappa shape index (κ1) is 11.6. The molecule has 1 atom stereocenters. The molecule has 2 nitrogen and oxygen atoms in total. The maximum atomic E-state index is 13.6. The maximum absolute atomic E-state index is 13.6. The zero-order valence-electron chi connectivity index (χ0n) is 8.95. The van der Waals surface area contributed by atoms with E-state index in [2.05, 4.69) is 0 Å². The highest BCUT2D eigenvalue weighted by atomic mass is 19.3. The van der Waals surface area contributed by atoms with Crippen molar-refractivity contribution in [1.82, 2.24) is 0 Å². The third-order valence-electron chi connectivity index (χ3n) is 2.72. The van der Waals surface area contributed by atoms with Crippen LogP contribution >= 0.6 is 0 Å². The predicted molar refractivity (Wildman–Crippen MR) is 58.2 cm³/mol. The number of halogens is 2. The number of fused-ring (bicyclic) bond motifs is 1. The first-order chi connectivity index (χ1) is 8.06. The van der Waals surface area contributed by atoms with E-state index in [1.165, 1.54) is 6.07 Å². The molecule has 1 unspecified atom stereocenters. The first-order valence-electron chi connectivity index (χ1n) is 5.13. The van der Waals surface area contributed by atoms with Gasteiger partial charge < -0.3 is 4.74 Å². The Morgan fingerprint density at radius 3 is 2.88 bits per heavy atom. The van der Waals surface area contributed by atoms with Gasteiger partial charge in [0.05, 0.1) is 12.0 Å². The fraction of sp³-hybridized carbons (Fsp3) is 0.308. The van der Waals surface area contributed by atoms with Gasteiger partial charge in [0.2, 0.25) is 0 Å². The van der Waals surface area contributed by atoms with Crippen LogP contribution in [0.2, 0.25) is 0 Å². The lowest BCUT2D eigenvalue weighted by molar-refractivity contribution is -0.0568. The van der Waals surface area contributed by atoms with Crippen molar-refractivity contribution in [2.75, 3.05) is 6.61 Å². The van der Waals surface area contributed by atoms with Gasteiger partial charge in [0, 0.05) is 0 Å². The summed E-state index contributed by atoms with van der Waals surface area (Å²) in [6.45, 7) is -0.329. The normalized spacial score (nSPS) is 19.1. The van der Waals surface area contributed by atoms with Gasteiger partial charge in [-0.15, -0.1) is 12.3 Å². The van der Waals surface area contributed by atoms with E-state index in [-0.39, 0.29) is 12.2 Å². The zero-order valence-corrected chi connectivity index (χ0v) is 8.95. The number of hydrogen-bond acceptors (Lipinski definition) is 2. The summed E-state index contributed by atoms with van der Waals surface area (Å²) in [6.07, 6.45) is 4.12. The zero-order chi connectivity index (χ0) is 12.5. The van der Waals surface area contributed by atoms with Crippen LogP contribution in [0.1, 0.15) is 16.8 Å². The molecule has 1 aliphatic rings. The molecule has 0 radical (unpaired) electrons. The molecule has 1 aromatic rings. The van der Waals surface area contributed by atoms with E-state index in [4.69, 9.17) is 11.2 Å². The van der Waals surface area contributed by atoms with Gasteiger partial charge in [-0.3, -0.25) is 4.79 Å². The number of alkyl halides is 2. The molecular formula is C13H10F2O2. The van der Waals surface area contributed by atoms with E-state index in [0.29, 0.717) is 5.75 Å². The van der Waals surface area contributed by atoms with Gasteiger partial charge in [-0.25, -0.2) is 8.78 Å². The Bertz CT molecular complexity index is 488. The molecule has 88 valence electrons. The predicted octanol–water partition coefficient (Wildman–Crippen LogP) is 2.54. The number of hydrogen-bond donors (Lipinski definition) is 0. The van der Waals surface area contributed by atoms with Crippen molar-refractivity contribution in [3.8, 4) is 18.1 Å². The summed E-state index contributed by atoms with van der Waals surface area (Å²) in [4.78, 5) is 11.9. The fourth-order valence-electron chi connectivity index (χ4n) is 1.81. The lowest BCUT2D eigenvalue weighted by atomic mass is 9.88. The standard InChI is InChI=1S/C13H10F2O2/c1-2-7-13(14,15)10-8-17-11-6-4-3-5-9(11)12(10)16/h1,3-6,10H,7-8H2. The maximum Gasteiger partial charge on any atom is 0.272 e. The van der Waals surface area contributed by atoms with Crippen LogP contribution in [0.25, 0.3) is 0 Å². The molecule has 0 bridgehead atoms. The highest BCUT2D eigenvalue weighted by Gasteiger charge is 2.46. The molecule has 0 fully saturated rings. The number of carbonyl (C=O) groups is 1. The van der Waals surface area contributed by atoms with Gasteiger partial charge in [-0.05, 0) is 12.1 Å². The van der Waals surface area contributed by atoms with E-state index in [1.807, 2.05) is 5.92 Å². The lowest BCUT2D eigenvalue weighted by Crippen LogP contribution is -2.41. The van der Waals surface area contributed by atoms with Gasteiger partial charge in [-0.1, -0.05) is 12.1 Å². The average molecular weight is 236 g/mol. The summed E-state index contributed by atoms with van der Waals surface area (Å²) in [5.41, 5.74) is 0.195. The molecule has 0 saturated carbocycles. The van der Waals surface area contributed by atoms with Crippen LogP contribution < -0.4 is 4.74 Å². The minimum absolute atomic E-state index is 0.195. The molecule has 1 aliphatic heterocycles. The van der Waals surface area contributed by atoms with Gasteiger partial charge in [0.15, 0.2) is 5.78 Å². The smallest absolute Gasteiger partial charge is 0.272 e. The molecule has 0 saturated heterocycles. The molecule has 17 heavy (non-hydrogen) atoms. The third-order valence-corrected chi connectivity index (χ3v) is 2.72. The minimum atomic E-state index is -3.22. The molecule has 0 spiro atoms. The van der Waals surface area contributed by atoms with Crippen molar-refractivity contribution >= 4 is 5.78 Å². The number of carbonyl (C=O) groups excluding carboxylic acids is 1. The summed E-state index contributed by atoms with van der Waals surface area (Å²) >= 11 is 0. The molecule has 0 aliphatic carbocycles. The van der Waals surface area contributed by atoms with Crippen molar-refractivity contribution in [3.63, 3.8) is 0 Å². The third kappa shape index (κ3) is 2.01. The summed E-state index contributed by atoms with van der Waals surface area (Å²) < 4.78 is 32.4. The second kappa shape index (κ2) is 4.17. The molecule has 1 heterocycles. The highest BCUT2D eigenvalue weighted by Crippen LogP contribution is 2.36. The number of ether oxygens (including phenoxy) is 1. The molecular weight excluding hydrogens is 226 g/mol. The topological polar surface area (TPSA) is 26.3 Å². The second-order valence-electron chi connectivity index (χ2n) is 3.87. The van der Waals surface area contributed by atoms with Crippen LogP contribution in [-0.4, -0.2) is 18.3 Å². The summed E-state index contributed by atoms with van der Waals surface area (Å²) in [7, 11) is 0. The van der Waals surface area contributed by atoms with Crippen molar-refractivity contribution in [3.05, 3.63) is 29.8 Å². The Morgan fingerprint density at radius 2 is 2.18 bits per heavy atom. The van der Waals surface area contributed by atoms with E-state index in [9.17, 15) is 13.6 Å². The van der Waals surface area contributed by atoms with Crippen LogP contribution in [0.5, 0.6) is 5.75 Å². The number of para-hydroxylation sites is 1. The number of rotatable bonds is 2. The number of Topliss-reactive ketones (excluding diaryl/α,β-unsaturated/α-hetero) is 1. The van der Waals surface area contributed by atoms with E-state index >= 15 is 0 Å². The number of ketones is 1. The SMILES string of the molecule is C#CCC(F)(F)C1COc2ccccc2C1=O. The van der Waals surface area contributed by atoms with Crippen molar-refractivity contribution in [1.29, 1.82) is 0 Å². The Kier molecular flexibility index (Phi) is 2.84. The van der Waals surface area contributed by atoms with Crippen LogP contribution in [0.4, 0.5) is 8.78 Å². The van der Waals surface area contributed by atoms with Gasteiger partial charge in [-0.2, -0.15) is 0 Å². The van der Waals surface area contributed by atoms with Crippen LogP contribution in [0.3, 0.4) is 0 Å².